The first kappa shape index (κ1) is 21.6. The van der Waals surface area contributed by atoms with E-state index in [-0.39, 0.29) is 0 Å². The highest BCUT2D eigenvalue weighted by Crippen LogP contribution is 2.46. The summed E-state index contributed by atoms with van der Waals surface area (Å²) in [5.74, 6) is -0.991. The van der Waals surface area contributed by atoms with Crippen LogP contribution in [0.1, 0.15) is 18.4 Å². The third kappa shape index (κ3) is 3.56. The van der Waals surface area contributed by atoms with Gasteiger partial charge in [-0.2, -0.15) is 0 Å². The van der Waals surface area contributed by atoms with Crippen molar-refractivity contribution in [3.8, 4) is 0 Å². The molecular formula is C25H26ClN3O2S. The summed E-state index contributed by atoms with van der Waals surface area (Å²) in [7, 11) is 3.45. The molecule has 0 bridgehead atoms. The van der Waals surface area contributed by atoms with Crippen molar-refractivity contribution < 1.29 is 9.47 Å². The quantitative estimate of drug-likeness (QED) is 0.352. The zero-order chi connectivity index (χ0) is 22.2. The standard InChI is InChI=1S/C25H26ClN3O2S/c1-30-25(31-2,19-8-7-17-5-3-4-6-18(17)15-19)24(11-13-27-14-12-24)29-23-28-21-10-9-20(26)16-22(21)32-23/h3-10,15-16,27H,11-14H2,1-2H3,(H,28,29). The van der Waals surface area contributed by atoms with E-state index in [1.807, 2.05) is 18.2 Å². The third-order valence-corrected chi connectivity index (χ3v) is 7.66. The molecule has 7 heteroatoms. The maximum absolute atomic E-state index is 6.27. The molecule has 4 aromatic rings. The summed E-state index contributed by atoms with van der Waals surface area (Å²) in [4.78, 5) is 4.84. The summed E-state index contributed by atoms with van der Waals surface area (Å²) in [5, 5.41) is 11.1. The van der Waals surface area contributed by atoms with Gasteiger partial charge < -0.3 is 20.1 Å². The van der Waals surface area contributed by atoms with E-state index in [0.717, 1.165) is 52.2 Å². The normalized spacial score (nSPS) is 16.5. The first-order valence-corrected chi connectivity index (χ1v) is 11.9. The average molecular weight is 468 g/mol. The van der Waals surface area contributed by atoms with E-state index in [9.17, 15) is 0 Å². The summed E-state index contributed by atoms with van der Waals surface area (Å²) in [6.45, 7) is 1.71. The number of piperidine rings is 1. The van der Waals surface area contributed by atoms with Gasteiger partial charge in [0.2, 0.25) is 5.79 Å². The molecular weight excluding hydrogens is 442 g/mol. The number of ether oxygens (including phenoxy) is 2. The van der Waals surface area contributed by atoms with Crippen molar-refractivity contribution in [2.45, 2.75) is 24.2 Å². The van der Waals surface area contributed by atoms with Crippen molar-refractivity contribution >= 4 is 49.1 Å². The number of hydrogen-bond acceptors (Lipinski definition) is 6. The lowest BCUT2D eigenvalue weighted by Gasteiger charge is -2.51. The van der Waals surface area contributed by atoms with Crippen molar-refractivity contribution in [1.82, 2.24) is 10.3 Å². The van der Waals surface area contributed by atoms with Crippen LogP contribution in [0.4, 0.5) is 5.13 Å². The topological polar surface area (TPSA) is 55.4 Å². The third-order valence-electron chi connectivity index (χ3n) is 6.49. The molecule has 0 aliphatic carbocycles. The van der Waals surface area contributed by atoms with Crippen LogP contribution in [0.15, 0.2) is 60.7 Å². The minimum Gasteiger partial charge on any atom is -0.350 e. The molecule has 1 saturated heterocycles. The number of methoxy groups -OCH3 is 2. The maximum atomic E-state index is 6.27. The fourth-order valence-corrected chi connectivity index (χ4v) is 6.17. The molecule has 0 radical (unpaired) electrons. The number of rotatable bonds is 6. The van der Waals surface area contributed by atoms with Crippen LogP contribution in [0, 0.1) is 0 Å². The number of hydrogen-bond donors (Lipinski definition) is 2. The molecule has 1 aliphatic heterocycles. The fourth-order valence-electron chi connectivity index (χ4n) is 4.93. The number of anilines is 1. The predicted molar refractivity (Wildman–Crippen MR) is 133 cm³/mol. The number of nitrogens with one attached hydrogen (secondary N) is 2. The average Bonchev–Trinajstić information content (AvgIpc) is 3.21. The molecule has 0 unspecified atom stereocenters. The molecule has 0 amide bonds. The smallest absolute Gasteiger partial charge is 0.218 e. The summed E-state index contributed by atoms with van der Waals surface area (Å²) >= 11 is 7.80. The molecule has 2 N–H and O–H groups in total. The highest BCUT2D eigenvalue weighted by atomic mass is 35.5. The Balaban J connectivity index is 1.63. The minimum atomic E-state index is -0.991. The van der Waals surface area contributed by atoms with Crippen LogP contribution in [0.25, 0.3) is 21.0 Å². The van der Waals surface area contributed by atoms with Crippen LogP contribution >= 0.6 is 22.9 Å². The summed E-state index contributed by atoms with van der Waals surface area (Å²) < 4.78 is 13.6. The lowest BCUT2D eigenvalue weighted by Crippen LogP contribution is -2.63. The van der Waals surface area contributed by atoms with Gasteiger partial charge in [0.15, 0.2) is 5.13 Å². The highest BCUT2D eigenvalue weighted by molar-refractivity contribution is 7.22. The molecule has 2 heterocycles. The summed E-state index contributed by atoms with van der Waals surface area (Å²) in [6.07, 6.45) is 1.64. The van der Waals surface area contributed by atoms with E-state index in [2.05, 4.69) is 53.1 Å². The fraction of sp³-hybridized carbons (Fsp3) is 0.320. The molecule has 0 atom stereocenters. The SMILES string of the molecule is COC(OC)(c1ccc2ccccc2c1)C1(Nc2nc3ccc(Cl)cc3s2)CCNCC1. The molecule has 1 aromatic heterocycles. The van der Waals surface area contributed by atoms with Gasteiger partial charge in [-0.3, -0.25) is 0 Å². The zero-order valence-electron chi connectivity index (χ0n) is 18.2. The van der Waals surface area contributed by atoms with Crippen molar-refractivity contribution in [2.24, 2.45) is 0 Å². The summed E-state index contributed by atoms with van der Waals surface area (Å²) in [6, 6.07) is 20.5. The number of benzene rings is 3. The Bertz CT molecular complexity index is 1250. The molecule has 32 heavy (non-hydrogen) atoms. The van der Waals surface area contributed by atoms with Crippen LogP contribution in [0.2, 0.25) is 5.02 Å². The molecule has 5 rings (SSSR count). The number of aromatic nitrogens is 1. The van der Waals surface area contributed by atoms with Gasteiger partial charge >= 0.3 is 0 Å². The van der Waals surface area contributed by atoms with Crippen molar-refractivity contribution in [2.75, 3.05) is 32.6 Å². The van der Waals surface area contributed by atoms with E-state index in [0.29, 0.717) is 5.02 Å². The van der Waals surface area contributed by atoms with E-state index in [1.54, 1.807) is 25.6 Å². The molecule has 0 saturated carbocycles. The second-order valence-electron chi connectivity index (χ2n) is 8.17. The van der Waals surface area contributed by atoms with Gasteiger partial charge in [-0.1, -0.05) is 59.3 Å². The van der Waals surface area contributed by atoms with Crippen LogP contribution in [-0.4, -0.2) is 37.8 Å². The van der Waals surface area contributed by atoms with Crippen LogP contribution < -0.4 is 10.6 Å². The zero-order valence-corrected chi connectivity index (χ0v) is 19.7. The van der Waals surface area contributed by atoms with E-state index >= 15 is 0 Å². The van der Waals surface area contributed by atoms with Gasteiger partial charge in [-0.25, -0.2) is 4.98 Å². The first-order valence-electron chi connectivity index (χ1n) is 10.7. The van der Waals surface area contributed by atoms with E-state index in [1.165, 1.54) is 5.39 Å². The van der Waals surface area contributed by atoms with Crippen molar-refractivity contribution in [1.29, 1.82) is 0 Å². The number of thiazole rings is 1. The predicted octanol–water partition coefficient (Wildman–Crippen LogP) is 5.78. The Morgan fingerprint density at radius 3 is 2.50 bits per heavy atom. The van der Waals surface area contributed by atoms with Gasteiger partial charge in [0, 0.05) is 24.8 Å². The van der Waals surface area contributed by atoms with Gasteiger partial charge in [0.25, 0.3) is 0 Å². The van der Waals surface area contributed by atoms with Crippen molar-refractivity contribution in [3.63, 3.8) is 0 Å². The lowest BCUT2D eigenvalue weighted by atomic mass is 9.76. The number of fused-ring (bicyclic) bond motifs is 2. The van der Waals surface area contributed by atoms with E-state index in [4.69, 9.17) is 26.1 Å². The van der Waals surface area contributed by atoms with Crippen molar-refractivity contribution in [3.05, 3.63) is 71.2 Å². The Kier molecular flexibility index (Phi) is 5.82. The number of nitrogens with zero attached hydrogens (tertiary/aromatic N) is 1. The van der Waals surface area contributed by atoms with Gasteiger partial charge in [0.05, 0.1) is 10.2 Å². The van der Waals surface area contributed by atoms with Gasteiger partial charge in [0.1, 0.15) is 5.54 Å². The maximum Gasteiger partial charge on any atom is 0.218 e. The largest absolute Gasteiger partial charge is 0.350 e. The second kappa shape index (κ2) is 8.61. The first-order chi connectivity index (χ1) is 15.6. The van der Waals surface area contributed by atoms with Crippen LogP contribution in [-0.2, 0) is 15.3 Å². The Labute approximate surface area is 196 Å². The molecule has 1 fully saturated rings. The molecule has 166 valence electrons. The molecule has 3 aromatic carbocycles. The van der Waals surface area contributed by atoms with Gasteiger partial charge in [-0.15, -0.1) is 0 Å². The van der Waals surface area contributed by atoms with Crippen LogP contribution in [0.3, 0.4) is 0 Å². The molecule has 5 nitrogen and oxygen atoms in total. The molecule has 1 aliphatic rings. The Morgan fingerprint density at radius 2 is 1.75 bits per heavy atom. The highest BCUT2D eigenvalue weighted by Gasteiger charge is 2.55. The number of halogens is 1. The second-order valence-corrected chi connectivity index (χ2v) is 9.64. The Morgan fingerprint density at radius 1 is 1.00 bits per heavy atom. The monoisotopic (exact) mass is 467 g/mol. The molecule has 0 spiro atoms. The van der Waals surface area contributed by atoms with E-state index < -0.39 is 11.3 Å². The Hall–Kier alpha value is -2.22. The minimum absolute atomic E-state index is 0.512. The lowest BCUT2D eigenvalue weighted by molar-refractivity contribution is -0.257. The van der Waals surface area contributed by atoms with Crippen LogP contribution in [0.5, 0.6) is 0 Å². The van der Waals surface area contributed by atoms with Gasteiger partial charge in [-0.05, 0) is 61.0 Å². The summed E-state index contributed by atoms with van der Waals surface area (Å²) in [5.41, 5.74) is 1.40.